The van der Waals surface area contributed by atoms with Gasteiger partial charge in [-0.3, -0.25) is 0 Å². The number of halogens is 2. The molecule has 1 aromatic heterocycles. The fraction of sp³-hybridized carbons (Fsp3) is 0.556. The molecule has 0 amide bonds. The molecule has 1 aromatic rings. The maximum absolute atomic E-state index is 5.59. The van der Waals surface area contributed by atoms with Crippen molar-refractivity contribution < 1.29 is 0 Å². The number of thiophene rings is 1. The van der Waals surface area contributed by atoms with Gasteiger partial charge in [-0.15, -0.1) is 11.3 Å². The van der Waals surface area contributed by atoms with Gasteiger partial charge in [0.1, 0.15) is 0 Å². The van der Waals surface area contributed by atoms with Gasteiger partial charge in [0, 0.05) is 24.6 Å². The quantitative estimate of drug-likeness (QED) is 0.895. The Morgan fingerprint density at radius 2 is 2.08 bits per heavy atom. The van der Waals surface area contributed by atoms with Crippen LogP contribution in [0.3, 0.4) is 0 Å². The molecular formula is C9H13Br2NS. The van der Waals surface area contributed by atoms with Gasteiger partial charge in [0.25, 0.3) is 0 Å². The lowest BCUT2D eigenvalue weighted by Gasteiger charge is -2.23. The van der Waals surface area contributed by atoms with Crippen LogP contribution in [0.1, 0.15) is 25.1 Å². The Kier molecular flexibility index (Phi) is 3.98. The van der Waals surface area contributed by atoms with E-state index in [4.69, 9.17) is 5.73 Å². The topological polar surface area (TPSA) is 26.0 Å². The Hall–Kier alpha value is 0.620. The van der Waals surface area contributed by atoms with Gasteiger partial charge in [-0.05, 0) is 44.8 Å². The zero-order chi connectivity index (χ0) is 10.1. The van der Waals surface area contributed by atoms with Crippen LogP contribution in [0.25, 0.3) is 0 Å². The van der Waals surface area contributed by atoms with Gasteiger partial charge in [-0.25, -0.2) is 0 Å². The average Bonchev–Trinajstić information content (AvgIpc) is 2.33. The molecule has 1 heterocycles. The normalized spacial score (nSPS) is 12.1. The number of hydrogen-bond donors (Lipinski definition) is 1. The first-order chi connectivity index (χ1) is 5.99. The molecule has 0 saturated carbocycles. The molecule has 0 spiro atoms. The van der Waals surface area contributed by atoms with E-state index in [1.807, 2.05) is 0 Å². The van der Waals surface area contributed by atoms with Crippen LogP contribution in [0, 0.1) is 0 Å². The van der Waals surface area contributed by atoms with Crippen molar-refractivity contribution in [2.75, 3.05) is 6.54 Å². The van der Waals surface area contributed by atoms with Crippen LogP contribution < -0.4 is 5.73 Å². The molecule has 1 nitrogen and oxygen atoms in total. The summed E-state index contributed by atoms with van der Waals surface area (Å²) >= 11 is 8.84. The van der Waals surface area contributed by atoms with Crippen LogP contribution in [0.2, 0.25) is 0 Å². The fourth-order valence-corrected chi connectivity index (χ4v) is 3.92. The Labute approximate surface area is 100.0 Å². The molecule has 0 unspecified atom stereocenters. The first-order valence-corrected chi connectivity index (χ1v) is 6.58. The summed E-state index contributed by atoms with van der Waals surface area (Å²) in [7, 11) is 0. The van der Waals surface area contributed by atoms with E-state index in [0.29, 0.717) is 0 Å². The highest BCUT2D eigenvalue weighted by molar-refractivity contribution is 9.13. The zero-order valence-corrected chi connectivity index (χ0v) is 11.7. The number of nitrogens with two attached hydrogens (primary N) is 1. The monoisotopic (exact) mass is 325 g/mol. The Morgan fingerprint density at radius 3 is 2.46 bits per heavy atom. The van der Waals surface area contributed by atoms with Crippen molar-refractivity contribution in [3.63, 3.8) is 0 Å². The van der Waals surface area contributed by atoms with E-state index in [2.05, 4.69) is 51.1 Å². The summed E-state index contributed by atoms with van der Waals surface area (Å²) in [6.07, 6.45) is 1.01. The van der Waals surface area contributed by atoms with Crippen LogP contribution in [0.5, 0.6) is 0 Å². The molecule has 74 valence electrons. The minimum absolute atomic E-state index is 0.171. The van der Waals surface area contributed by atoms with Crippen molar-refractivity contribution >= 4 is 43.2 Å². The second-order valence-corrected chi connectivity index (χ2v) is 6.18. The maximum Gasteiger partial charge on any atom is 0.0462 e. The zero-order valence-electron chi connectivity index (χ0n) is 7.73. The number of rotatable bonds is 3. The lowest BCUT2D eigenvalue weighted by atomic mass is 9.88. The average molecular weight is 327 g/mol. The van der Waals surface area contributed by atoms with Crippen molar-refractivity contribution in [2.45, 2.75) is 25.7 Å². The summed E-state index contributed by atoms with van der Waals surface area (Å²) in [5.41, 5.74) is 5.76. The summed E-state index contributed by atoms with van der Waals surface area (Å²) in [6.45, 7) is 5.18. The van der Waals surface area contributed by atoms with Gasteiger partial charge >= 0.3 is 0 Å². The van der Waals surface area contributed by atoms with Crippen LogP contribution in [0.4, 0.5) is 0 Å². The molecule has 0 aromatic carbocycles. The molecule has 4 heteroatoms. The van der Waals surface area contributed by atoms with Crippen LogP contribution in [0.15, 0.2) is 14.3 Å². The number of hydrogen-bond acceptors (Lipinski definition) is 2. The summed E-state index contributed by atoms with van der Waals surface area (Å²) in [4.78, 5) is 1.37. The lowest BCUT2D eigenvalue weighted by molar-refractivity contribution is 0.495. The van der Waals surface area contributed by atoms with E-state index in [-0.39, 0.29) is 5.41 Å². The molecule has 0 fully saturated rings. The summed E-state index contributed by atoms with van der Waals surface area (Å²) in [6, 6.07) is 0. The van der Waals surface area contributed by atoms with E-state index in [1.165, 1.54) is 9.35 Å². The predicted octanol–water partition coefficient (Wildman–Crippen LogP) is 3.90. The Balaban J connectivity index is 2.99. The molecule has 13 heavy (non-hydrogen) atoms. The van der Waals surface area contributed by atoms with E-state index in [9.17, 15) is 0 Å². The molecule has 0 aliphatic rings. The van der Waals surface area contributed by atoms with Crippen molar-refractivity contribution in [2.24, 2.45) is 5.73 Å². The highest BCUT2D eigenvalue weighted by atomic mass is 79.9. The smallest absolute Gasteiger partial charge is 0.0462 e. The van der Waals surface area contributed by atoms with Crippen molar-refractivity contribution in [1.29, 1.82) is 0 Å². The van der Waals surface area contributed by atoms with Gasteiger partial charge < -0.3 is 5.73 Å². The van der Waals surface area contributed by atoms with Gasteiger partial charge in [0.05, 0.1) is 0 Å². The van der Waals surface area contributed by atoms with Crippen LogP contribution in [-0.4, -0.2) is 6.54 Å². The largest absolute Gasteiger partial charge is 0.330 e. The molecular weight excluding hydrogens is 314 g/mol. The third kappa shape index (κ3) is 2.55. The Bertz CT molecular complexity index is 294. The summed E-state index contributed by atoms with van der Waals surface area (Å²) in [5, 5.41) is 2.11. The van der Waals surface area contributed by atoms with Gasteiger partial charge in [-0.1, -0.05) is 13.8 Å². The first-order valence-electron chi connectivity index (χ1n) is 4.12. The minimum atomic E-state index is 0.171. The van der Waals surface area contributed by atoms with E-state index in [1.54, 1.807) is 11.3 Å². The van der Waals surface area contributed by atoms with Crippen LogP contribution in [-0.2, 0) is 5.41 Å². The van der Waals surface area contributed by atoms with E-state index >= 15 is 0 Å². The molecule has 0 saturated heterocycles. The highest BCUT2D eigenvalue weighted by Gasteiger charge is 2.24. The SMILES string of the molecule is CC(C)(CCN)c1scc(Br)c1Br. The Morgan fingerprint density at radius 1 is 1.46 bits per heavy atom. The van der Waals surface area contributed by atoms with Gasteiger partial charge in [-0.2, -0.15) is 0 Å². The molecule has 0 aliphatic heterocycles. The standard InChI is InChI=1S/C9H13Br2NS/c1-9(2,3-4-12)8-7(11)6(10)5-13-8/h5H,3-4,12H2,1-2H3. The van der Waals surface area contributed by atoms with Crippen molar-refractivity contribution in [1.82, 2.24) is 0 Å². The molecule has 1 rings (SSSR count). The maximum atomic E-state index is 5.59. The van der Waals surface area contributed by atoms with Crippen molar-refractivity contribution in [3.8, 4) is 0 Å². The minimum Gasteiger partial charge on any atom is -0.330 e. The van der Waals surface area contributed by atoms with E-state index in [0.717, 1.165) is 17.4 Å². The molecule has 0 atom stereocenters. The second kappa shape index (κ2) is 4.43. The molecule has 0 aliphatic carbocycles. The molecule has 0 radical (unpaired) electrons. The third-order valence-electron chi connectivity index (χ3n) is 2.07. The van der Waals surface area contributed by atoms with E-state index < -0.39 is 0 Å². The van der Waals surface area contributed by atoms with Crippen molar-refractivity contribution in [3.05, 3.63) is 19.2 Å². The fourth-order valence-electron chi connectivity index (χ4n) is 1.25. The van der Waals surface area contributed by atoms with Gasteiger partial charge in [0.2, 0.25) is 0 Å². The summed E-state index contributed by atoms with van der Waals surface area (Å²) in [5.74, 6) is 0. The van der Waals surface area contributed by atoms with Gasteiger partial charge in [0.15, 0.2) is 0 Å². The molecule has 0 bridgehead atoms. The highest BCUT2D eigenvalue weighted by Crippen LogP contribution is 2.41. The second-order valence-electron chi connectivity index (χ2n) is 3.65. The third-order valence-corrected chi connectivity index (χ3v) is 5.97. The summed E-state index contributed by atoms with van der Waals surface area (Å²) < 4.78 is 2.31. The lowest BCUT2D eigenvalue weighted by Crippen LogP contribution is -2.20. The predicted molar refractivity (Wildman–Crippen MR) is 66.4 cm³/mol. The van der Waals surface area contributed by atoms with Crippen LogP contribution >= 0.6 is 43.2 Å². The molecule has 2 N–H and O–H groups in total. The first kappa shape index (κ1) is 11.7.